The Labute approximate surface area is 125 Å². The number of benzene rings is 1. The number of carbonyl (C=O) groups excluding carboxylic acids is 1. The molecule has 1 amide bonds. The van der Waals surface area contributed by atoms with Crippen LogP contribution in [0, 0.1) is 17.0 Å². The molecule has 1 aromatic heterocycles. The van der Waals surface area contributed by atoms with Crippen molar-refractivity contribution in [1.82, 2.24) is 0 Å². The number of aryl methyl sites for hydroxylation is 1. The average Bonchev–Trinajstić information content (AvgIpc) is 2.90. The fourth-order valence-electron chi connectivity index (χ4n) is 1.54. The fraction of sp³-hybridized carbons (Fsp3) is 0.0714. The minimum atomic E-state index is -0.647. The maximum Gasteiger partial charge on any atom is 0.433 e. The molecule has 0 unspecified atom stereocenters. The molecule has 0 radical (unpaired) electrons. The summed E-state index contributed by atoms with van der Waals surface area (Å²) in [5, 5.41) is 13.6. The van der Waals surface area contributed by atoms with Gasteiger partial charge in [-0.05, 0) is 36.8 Å². The lowest BCUT2D eigenvalue weighted by molar-refractivity contribution is -0.402. The molecule has 108 valence electrons. The van der Waals surface area contributed by atoms with E-state index in [9.17, 15) is 14.9 Å². The van der Waals surface area contributed by atoms with Crippen molar-refractivity contribution in [3.8, 4) is 0 Å². The molecule has 7 heteroatoms. The van der Waals surface area contributed by atoms with Crippen LogP contribution in [-0.4, -0.2) is 10.8 Å². The van der Waals surface area contributed by atoms with Crippen molar-refractivity contribution in [2.24, 2.45) is 0 Å². The molecule has 0 aliphatic rings. The van der Waals surface area contributed by atoms with E-state index < -0.39 is 10.8 Å². The van der Waals surface area contributed by atoms with Crippen molar-refractivity contribution < 1.29 is 14.1 Å². The molecule has 0 spiro atoms. The van der Waals surface area contributed by atoms with Crippen molar-refractivity contribution in [3.63, 3.8) is 0 Å². The first-order valence-corrected chi connectivity index (χ1v) is 6.33. The minimum absolute atomic E-state index is 0.221. The van der Waals surface area contributed by atoms with Crippen molar-refractivity contribution in [2.45, 2.75) is 6.92 Å². The summed E-state index contributed by atoms with van der Waals surface area (Å²) in [6, 6.07) is 7.78. The topological polar surface area (TPSA) is 85.4 Å². The SMILES string of the molecule is Cc1ccc(NC(=O)/C=C/c2ccc([N+](=O)[O-])o2)cc1Cl. The average molecular weight is 307 g/mol. The van der Waals surface area contributed by atoms with Gasteiger partial charge in [-0.2, -0.15) is 0 Å². The highest BCUT2D eigenvalue weighted by atomic mass is 35.5. The quantitative estimate of drug-likeness (QED) is 0.529. The van der Waals surface area contributed by atoms with Gasteiger partial charge in [-0.3, -0.25) is 14.9 Å². The molecule has 0 atom stereocenters. The van der Waals surface area contributed by atoms with E-state index >= 15 is 0 Å². The number of carbonyl (C=O) groups is 1. The van der Waals surface area contributed by atoms with Gasteiger partial charge in [0.2, 0.25) is 5.91 Å². The van der Waals surface area contributed by atoms with Crippen molar-refractivity contribution in [3.05, 3.63) is 62.9 Å². The Bertz CT molecular complexity index is 722. The summed E-state index contributed by atoms with van der Waals surface area (Å²) in [5.41, 5.74) is 1.47. The second-order valence-corrected chi connectivity index (χ2v) is 4.63. The molecular formula is C14H11ClN2O4. The second-order valence-electron chi connectivity index (χ2n) is 4.22. The lowest BCUT2D eigenvalue weighted by Crippen LogP contribution is -2.07. The van der Waals surface area contributed by atoms with E-state index in [-0.39, 0.29) is 11.6 Å². The monoisotopic (exact) mass is 306 g/mol. The molecule has 1 N–H and O–H groups in total. The summed E-state index contributed by atoms with van der Waals surface area (Å²) in [6.45, 7) is 1.86. The zero-order valence-corrected chi connectivity index (χ0v) is 11.8. The molecule has 0 bridgehead atoms. The van der Waals surface area contributed by atoms with Gasteiger partial charge >= 0.3 is 5.88 Å². The van der Waals surface area contributed by atoms with E-state index in [0.29, 0.717) is 10.7 Å². The van der Waals surface area contributed by atoms with E-state index in [1.54, 1.807) is 18.2 Å². The zero-order chi connectivity index (χ0) is 15.4. The molecule has 0 saturated carbocycles. The number of halogens is 1. The molecule has 0 aliphatic heterocycles. The van der Waals surface area contributed by atoms with E-state index in [0.717, 1.165) is 5.56 Å². The third-order valence-electron chi connectivity index (χ3n) is 2.63. The Morgan fingerprint density at radius 3 is 2.76 bits per heavy atom. The van der Waals surface area contributed by atoms with Crippen LogP contribution in [0.1, 0.15) is 11.3 Å². The third-order valence-corrected chi connectivity index (χ3v) is 3.04. The van der Waals surface area contributed by atoms with E-state index in [4.69, 9.17) is 16.0 Å². The molecular weight excluding hydrogens is 296 g/mol. The molecule has 6 nitrogen and oxygen atoms in total. The van der Waals surface area contributed by atoms with Crippen LogP contribution in [0.3, 0.4) is 0 Å². The highest BCUT2D eigenvalue weighted by Gasteiger charge is 2.10. The molecule has 1 heterocycles. The van der Waals surface area contributed by atoms with E-state index in [1.165, 1.54) is 24.3 Å². The number of hydrogen-bond donors (Lipinski definition) is 1. The van der Waals surface area contributed by atoms with Crippen molar-refractivity contribution >= 4 is 35.2 Å². The largest absolute Gasteiger partial charge is 0.433 e. The third kappa shape index (κ3) is 3.93. The smallest absolute Gasteiger partial charge is 0.401 e. The number of nitrogens with zero attached hydrogens (tertiary/aromatic N) is 1. The number of nitrogens with one attached hydrogen (secondary N) is 1. The standard InChI is InChI=1S/C14H11ClN2O4/c1-9-2-3-10(8-12(9)15)16-13(18)6-4-11-5-7-14(21-11)17(19)20/h2-8H,1H3,(H,16,18)/b6-4+. The molecule has 1 aromatic carbocycles. The maximum atomic E-state index is 11.7. The van der Waals surface area contributed by atoms with Gasteiger partial charge in [0.05, 0.1) is 6.07 Å². The van der Waals surface area contributed by atoms with E-state index in [2.05, 4.69) is 5.32 Å². The Kier molecular flexibility index (Phi) is 4.39. The summed E-state index contributed by atoms with van der Waals surface area (Å²) in [7, 11) is 0. The number of amides is 1. The minimum Gasteiger partial charge on any atom is -0.401 e. The van der Waals surface area contributed by atoms with Crippen LogP contribution in [0.2, 0.25) is 5.02 Å². The van der Waals surface area contributed by atoms with Crippen LogP contribution < -0.4 is 5.32 Å². The molecule has 2 rings (SSSR count). The second kappa shape index (κ2) is 6.23. The molecule has 0 fully saturated rings. The first-order chi connectivity index (χ1) is 9.95. The summed E-state index contributed by atoms with van der Waals surface area (Å²) in [4.78, 5) is 21.5. The Balaban J connectivity index is 2.01. The van der Waals surface area contributed by atoms with E-state index in [1.807, 2.05) is 6.92 Å². The maximum absolute atomic E-state index is 11.7. The Morgan fingerprint density at radius 1 is 1.38 bits per heavy atom. The molecule has 0 saturated heterocycles. The summed E-state index contributed by atoms with van der Waals surface area (Å²) >= 11 is 5.95. The van der Waals surface area contributed by atoms with Gasteiger partial charge in [-0.25, -0.2) is 0 Å². The van der Waals surface area contributed by atoms with Gasteiger partial charge in [-0.15, -0.1) is 0 Å². The van der Waals surface area contributed by atoms with Gasteiger partial charge in [0, 0.05) is 16.8 Å². The summed E-state index contributed by atoms with van der Waals surface area (Å²) in [5.74, 6) is -0.548. The number of rotatable bonds is 4. The summed E-state index contributed by atoms with van der Waals surface area (Å²) in [6.07, 6.45) is 2.56. The van der Waals surface area contributed by atoms with Gasteiger partial charge < -0.3 is 9.73 Å². The summed E-state index contributed by atoms with van der Waals surface area (Å²) < 4.78 is 4.89. The normalized spacial score (nSPS) is 10.8. The van der Waals surface area contributed by atoms with Gasteiger partial charge in [-0.1, -0.05) is 17.7 Å². The lowest BCUT2D eigenvalue weighted by Gasteiger charge is -2.04. The highest BCUT2D eigenvalue weighted by molar-refractivity contribution is 6.31. The van der Waals surface area contributed by atoms with Crippen LogP contribution in [-0.2, 0) is 4.79 Å². The number of furan rings is 1. The van der Waals surface area contributed by atoms with Crippen LogP contribution in [0.4, 0.5) is 11.6 Å². The van der Waals surface area contributed by atoms with Crippen LogP contribution in [0.25, 0.3) is 6.08 Å². The van der Waals surface area contributed by atoms with Gasteiger partial charge in [0.1, 0.15) is 10.7 Å². The first kappa shape index (κ1) is 14.8. The molecule has 0 aliphatic carbocycles. The van der Waals surface area contributed by atoms with Crippen LogP contribution in [0.15, 0.2) is 40.8 Å². The molecule has 21 heavy (non-hydrogen) atoms. The highest BCUT2D eigenvalue weighted by Crippen LogP contribution is 2.20. The Hall–Kier alpha value is -2.60. The fourth-order valence-corrected chi connectivity index (χ4v) is 1.72. The van der Waals surface area contributed by atoms with Crippen molar-refractivity contribution in [2.75, 3.05) is 5.32 Å². The van der Waals surface area contributed by atoms with Gasteiger partial charge in [0.15, 0.2) is 0 Å². The van der Waals surface area contributed by atoms with Crippen LogP contribution in [0.5, 0.6) is 0 Å². The number of anilines is 1. The van der Waals surface area contributed by atoms with Crippen LogP contribution >= 0.6 is 11.6 Å². The number of nitro groups is 1. The lowest BCUT2D eigenvalue weighted by atomic mass is 10.2. The predicted molar refractivity (Wildman–Crippen MR) is 79.2 cm³/mol. The van der Waals surface area contributed by atoms with Crippen molar-refractivity contribution in [1.29, 1.82) is 0 Å². The first-order valence-electron chi connectivity index (χ1n) is 5.95. The van der Waals surface area contributed by atoms with Gasteiger partial charge in [0.25, 0.3) is 0 Å². The predicted octanol–water partition coefficient (Wildman–Crippen LogP) is 3.80. The molecule has 2 aromatic rings. The number of hydrogen-bond acceptors (Lipinski definition) is 4. The Morgan fingerprint density at radius 2 is 2.14 bits per heavy atom. The zero-order valence-electron chi connectivity index (χ0n) is 11.0.